The average Bonchev–Trinajstić information content (AvgIpc) is 2.48. The Morgan fingerprint density at radius 3 is 2.10 bits per heavy atom. The monoisotopic (exact) mass is 293 g/mol. The van der Waals surface area contributed by atoms with Gasteiger partial charge >= 0.3 is 0 Å². The van der Waals surface area contributed by atoms with E-state index in [-0.39, 0.29) is 0 Å². The Labute approximate surface area is 130 Å². The van der Waals surface area contributed by atoms with Crippen LogP contribution in [0.5, 0.6) is 11.5 Å². The van der Waals surface area contributed by atoms with E-state index in [1.807, 2.05) is 6.07 Å². The SMILES string of the molecule is CCCOc1ccc(C(NCC)C(C)C)cc1OCCC. The van der Waals surface area contributed by atoms with Crippen LogP contribution < -0.4 is 14.8 Å². The summed E-state index contributed by atoms with van der Waals surface area (Å²) in [6.45, 7) is 13.3. The highest BCUT2D eigenvalue weighted by Crippen LogP contribution is 2.33. The van der Waals surface area contributed by atoms with Crippen LogP contribution in [0, 0.1) is 5.92 Å². The molecule has 0 aliphatic heterocycles. The zero-order valence-electron chi connectivity index (χ0n) is 14.2. The Morgan fingerprint density at radius 1 is 0.952 bits per heavy atom. The second-order valence-corrected chi connectivity index (χ2v) is 5.68. The molecular formula is C18H31NO2. The minimum absolute atomic E-state index is 0.346. The van der Waals surface area contributed by atoms with Crippen LogP contribution >= 0.6 is 0 Å². The molecule has 0 saturated heterocycles. The fraction of sp³-hybridized carbons (Fsp3) is 0.667. The van der Waals surface area contributed by atoms with Crippen LogP contribution in [0.15, 0.2) is 18.2 Å². The van der Waals surface area contributed by atoms with Gasteiger partial charge in [-0.05, 0) is 43.0 Å². The van der Waals surface area contributed by atoms with Crippen molar-refractivity contribution in [3.8, 4) is 11.5 Å². The Balaban J connectivity index is 3.00. The van der Waals surface area contributed by atoms with E-state index < -0.39 is 0 Å². The van der Waals surface area contributed by atoms with Crippen molar-refractivity contribution in [2.24, 2.45) is 5.92 Å². The Kier molecular flexibility index (Phi) is 8.21. The van der Waals surface area contributed by atoms with Crippen LogP contribution in [0.2, 0.25) is 0 Å². The minimum atomic E-state index is 0.346. The molecule has 1 unspecified atom stereocenters. The van der Waals surface area contributed by atoms with Gasteiger partial charge in [0.1, 0.15) is 0 Å². The highest BCUT2D eigenvalue weighted by Gasteiger charge is 2.17. The van der Waals surface area contributed by atoms with Crippen LogP contribution in [0.25, 0.3) is 0 Å². The molecule has 1 aromatic rings. The maximum Gasteiger partial charge on any atom is 0.161 e. The molecule has 3 heteroatoms. The van der Waals surface area contributed by atoms with Gasteiger partial charge < -0.3 is 14.8 Å². The summed E-state index contributed by atoms with van der Waals surface area (Å²) in [6, 6.07) is 6.67. The smallest absolute Gasteiger partial charge is 0.161 e. The predicted octanol–water partition coefficient (Wildman–Crippen LogP) is 4.57. The molecule has 0 heterocycles. The number of hydrogen-bond acceptors (Lipinski definition) is 3. The van der Waals surface area contributed by atoms with Gasteiger partial charge in [-0.15, -0.1) is 0 Å². The zero-order valence-corrected chi connectivity index (χ0v) is 14.2. The van der Waals surface area contributed by atoms with Crippen molar-refractivity contribution in [3.05, 3.63) is 23.8 Å². The van der Waals surface area contributed by atoms with Gasteiger partial charge in [0.15, 0.2) is 11.5 Å². The molecule has 1 aromatic carbocycles. The Bertz CT molecular complexity index is 404. The van der Waals surface area contributed by atoms with E-state index in [0.717, 1.165) is 44.1 Å². The minimum Gasteiger partial charge on any atom is -0.490 e. The van der Waals surface area contributed by atoms with E-state index >= 15 is 0 Å². The van der Waals surface area contributed by atoms with Gasteiger partial charge in [0.25, 0.3) is 0 Å². The molecule has 21 heavy (non-hydrogen) atoms. The van der Waals surface area contributed by atoms with E-state index in [9.17, 15) is 0 Å². The number of ether oxygens (including phenoxy) is 2. The molecule has 0 radical (unpaired) electrons. The molecule has 0 spiro atoms. The number of nitrogens with one attached hydrogen (secondary N) is 1. The first-order chi connectivity index (χ1) is 10.1. The molecule has 0 aliphatic carbocycles. The van der Waals surface area contributed by atoms with E-state index in [1.54, 1.807) is 0 Å². The molecule has 1 N–H and O–H groups in total. The summed E-state index contributed by atoms with van der Waals surface area (Å²) in [7, 11) is 0. The second kappa shape index (κ2) is 9.67. The lowest BCUT2D eigenvalue weighted by molar-refractivity contribution is 0.267. The van der Waals surface area contributed by atoms with E-state index in [2.05, 4.69) is 52.1 Å². The van der Waals surface area contributed by atoms with E-state index in [4.69, 9.17) is 9.47 Å². The van der Waals surface area contributed by atoms with Crippen LogP contribution in [0.1, 0.15) is 59.1 Å². The highest BCUT2D eigenvalue weighted by atomic mass is 16.5. The summed E-state index contributed by atoms with van der Waals surface area (Å²) in [4.78, 5) is 0. The molecule has 0 amide bonds. The summed E-state index contributed by atoms with van der Waals surface area (Å²) in [6.07, 6.45) is 2.00. The molecule has 1 rings (SSSR count). The van der Waals surface area contributed by atoms with Crippen molar-refractivity contribution in [1.29, 1.82) is 0 Å². The first-order valence-corrected chi connectivity index (χ1v) is 8.26. The fourth-order valence-corrected chi connectivity index (χ4v) is 2.33. The molecule has 0 saturated carbocycles. The van der Waals surface area contributed by atoms with Crippen molar-refractivity contribution in [2.45, 2.75) is 53.5 Å². The number of rotatable bonds is 10. The quantitative estimate of drug-likeness (QED) is 0.685. The number of hydrogen-bond donors (Lipinski definition) is 1. The van der Waals surface area contributed by atoms with Gasteiger partial charge in [0.2, 0.25) is 0 Å². The Hall–Kier alpha value is -1.22. The summed E-state index contributed by atoms with van der Waals surface area (Å²) in [5.74, 6) is 2.26. The van der Waals surface area contributed by atoms with Gasteiger partial charge in [-0.1, -0.05) is 40.7 Å². The van der Waals surface area contributed by atoms with Gasteiger partial charge in [-0.2, -0.15) is 0 Å². The second-order valence-electron chi connectivity index (χ2n) is 5.68. The maximum absolute atomic E-state index is 5.88. The molecule has 3 nitrogen and oxygen atoms in total. The van der Waals surface area contributed by atoms with Crippen LogP contribution in [-0.2, 0) is 0 Å². The first kappa shape index (κ1) is 17.8. The average molecular weight is 293 g/mol. The van der Waals surface area contributed by atoms with Crippen molar-refractivity contribution in [3.63, 3.8) is 0 Å². The molecular weight excluding hydrogens is 262 g/mol. The van der Waals surface area contributed by atoms with Gasteiger partial charge in [-0.3, -0.25) is 0 Å². The van der Waals surface area contributed by atoms with Gasteiger partial charge in [0, 0.05) is 6.04 Å². The lowest BCUT2D eigenvalue weighted by Crippen LogP contribution is -2.25. The van der Waals surface area contributed by atoms with Crippen molar-refractivity contribution in [2.75, 3.05) is 19.8 Å². The summed E-state index contributed by atoms with van der Waals surface area (Å²) in [5, 5.41) is 3.55. The van der Waals surface area contributed by atoms with Crippen LogP contribution in [0.3, 0.4) is 0 Å². The normalized spacial score (nSPS) is 12.5. The summed E-state index contributed by atoms with van der Waals surface area (Å²) < 4.78 is 11.7. The van der Waals surface area contributed by atoms with Crippen LogP contribution in [-0.4, -0.2) is 19.8 Å². The van der Waals surface area contributed by atoms with Crippen molar-refractivity contribution >= 4 is 0 Å². The topological polar surface area (TPSA) is 30.5 Å². The lowest BCUT2D eigenvalue weighted by Gasteiger charge is -2.23. The standard InChI is InChI=1S/C18H31NO2/c1-6-11-20-16-10-9-15(13-17(16)21-12-7-2)18(14(4)5)19-8-3/h9-10,13-14,18-19H,6-8,11-12H2,1-5H3. The molecule has 0 bridgehead atoms. The summed E-state index contributed by atoms with van der Waals surface area (Å²) in [5.41, 5.74) is 1.27. The molecule has 0 aromatic heterocycles. The molecule has 1 atom stereocenters. The van der Waals surface area contributed by atoms with Crippen LogP contribution in [0.4, 0.5) is 0 Å². The summed E-state index contributed by atoms with van der Waals surface area (Å²) >= 11 is 0. The van der Waals surface area contributed by atoms with Gasteiger partial charge in [0.05, 0.1) is 13.2 Å². The van der Waals surface area contributed by atoms with E-state index in [0.29, 0.717) is 12.0 Å². The largest absolute Gasteiger partial charge is 0.490 e. The maximum atomic E-state index is 5.88. The Morgan fingerprint density at radius 2 is 1.57 bits per heavy atom. The van der Waals surface area contributed by atoms with E-state index in [1.165, 1.54) is 5.56 Å². The lowest BCUT2D eigenvalue weighted by atomic mass is 9.95. The third kappa shape index (κ3) is 5.58. The van der Waals surface area contributed by atoms with Crippen molar-refractivity contribution in [1.82, 2.24) is 5.32 Å². The zero-order chi connectivity index (χ0) is 15.7. The third-order valence-corrected chi connectivity index (χ3v) is 3.34. The fourth-order valence-electron chi connectivity index (χ4n) is 2.33. The highest BCUT2D eigenvalue weighted by molar-refractivity contribution is 5.44. The molecule has 0 fully saturated rings. The molecule has 0 aliphatic rings. The van der Waals surface area contributed by atoms with Crippen molar-refractivity contribution < 1.29 is 9.47 Å². The third-order valence-electron chi connectivity index (χ3n) is 3.34. The first-order valence-electron chi connectivity index (χ1n) is 8.26. The number of benzene rings is 1. The predicted molar refractivity (Wildman–Crippen MR) is 89.3 cm³/mol. The molecule has 120 valence electrons. The van der Waals surface area contributed by atoms with Gasteiger partial charge in [-0.25, -0.2) is 0 Å².